The van der Waals surface area contributed by atoms with Crippen LogP contribution in [-0.2, 0) is 20.4 Å². The number of terminal acetylenes is 1. The standard InChI is InChI=1S/C18H16FN2O5PS/c1-2-11-8-21(18(28)20-17(11)22)16-6-4-14(25-16)10-24-27-23-9-12-7-13(19)3-5-15(12)26-27/h1,3,5,7-8,14,16H,4,6,9-10H2,(H,20,22,28). The SMILES string of the molecule is C#Cc1cn(C2CCC(COP3OCc4cc(F)ccc4O3)O2)c(=S)[nH]c1=O. The molecule has 2 aromatic rings. The summed E-state index contributed by atoms with van der Waals surface area (Å²) in [6, 6.07) is 4.28. The molecule has 0 saturated carbocycles. The molecule has 0 radical (unpaired) electrons. The van der Waals surface area contributed by atoms with E-state index < -0.39 is 14.2 Å². The lowest BCUT2D eigenvalue weighted by Crippen LogP contribution is -2.21. The Morgan fingerprint density at radius 3 is 3.14 bits per heavy atom. The minimum absolute atomic E-state index is 0.183. The van der Waals surface area contributed by atoms with Crippen LogP contribution < -0.4 is 10.1 Å². The molecule has 7 nitrogen and oxygen atoms in total. The molecule has 0 amide bonds. The molecule has 3 heterocycles. The molecule has 1 N–H and O–H groups in total. The largest absolute Gasteiger partial charge is 0.426 e. The number of H-pyrrole nitrogens is 1. The first kappa shape index (κ1) is 19.2. The fourth-order valence-corrected chi connectivity index (χ4v) is 4.32. The molecule has 10 heteroatoms. The number of hydrogen-bond donors (Lipinski definition) is 1. The number of nitrogens with zero attached hydrogens (tertiary/aromatic N) is 1. The van der Waals surface area contributed by atoms with Gasteiger partial charge in [-0.05, 0) is 43.3 Å². The summed E-state index contributed by atoms with van der Waals surface area (Å²) in [5.74, 6) is 2.56. The van der Waals surface area contributed by atoms with Crippen LogP contribution in [0.3, 0.4) is 0 Å². The van der Waals surface area contributed by atoms with Gasteiger partial charge in [-0.15, -0.1) is 6.42 Å². The molecule has 2 aliphatic rings. The van der Waals surface area contributed by atoms with Crippen LogP contribution in [0.4, 0.5) is 4.39 Å². The third-order valence-corrected chi connectivity index (χ3v) is 5.76. The number of hydrogen-bond acceptors (Lipinski definition) is 6. The number of fused-ring (bicyclic) bond motifs is 1. The van der Waals surface area contributed by atoms with Crippen LogP contribution in [0.1, 0.15) is 30.2 Å². The Morgan fingerprint density at radius 2 is 2.32 bits per heavy atom. The van der Waals surface area contributed by atoms with E-state index in [1.165, 1.54) is 18.3 Å². The fraction of sp³-hybridized carbons (Fsp3) is 0.333. The van der Waals surface area contributed by atoms with Gasteiger partial charge in [0.25, 0.3) is 5.56 Å². The first-order chi connectivity index (χ1) is 13.5. The number of rotatable bonds is 4. The Bertz CT molecular complexity index is 1050. The van der Waals surface area contributed by atoms with E-state index in [-0.39, 0.29) is 41.7 Å². The van der Waals surface area contributed by atoms with Crippen LogP contribution in [0.15, 0.2) is 29.2 Å². The molecule has 0 spiro atoms. The first-order valence-corrected chi connectivity index (χ1v) is 10.0. The quantitative estimate of drug-likeness (QED) is 0.462. The first-order valence-electron chi connectivity index (χ1n) is 8.53. The van der Waals surface area contributed by atoms with Gasteiger partial charge in [-0.1, -0.05) is 5.92 Å². The summed E-state index contributed by atoms with van der Waals surface area (Å²) in [5, 5.41) is 0. The highest BCUT2D eigenvalue weighted by Crippen LogP contribution is 2.47. The van der Waals surface area contributed by atoms with Crippen molar-refractivity contribution in [2.45, 2.75) is 31.8 Å². The van der Waals surface area contributed by atoms with Gasteiger partial charge in [-0.3, -0.25) is 23.4 Å². The lowest BCUT2D eigenvalue weighted by Gasteiger charge is -2.24. The number of benzene rings is 1. The second-order valence-corrected chi connectivity index (χ2v) is 7.81. The average Bonchev–Trinajstić information content (AvgIpc) is 3.15. The van der Waals surface area contributed by atoms with Gasteiger partial charge in [0.15, 0.2) is 4.77 Å². The van der Waals surface area contributed by atoms with Crippen molar-refractivity contribution in [2.24, 2.45) is 0 Å². The molecule has 1 saturated heterocycles. The molecule has 1 fully saturated rings. The smallest absolute Gasteiger partial charge is 0.397 e. The van der Waals surface area contributed by atoms with E-state index >= 15 is 0 Å². The average molecular weight is 422 g/mol. The third kappa shape index (κ3) is 4.02. The van der Waals surface area contributed by atoms with Crippen molar-refractivity contribution in [3.8, 4) is 18.1 Å². The molecule has 0 aliphatic carbocycles. The Balaban J connectivity index is 1.35. The van der Waals surface area contributed by atoms with Gasteiger partial charge in [-0.25, -0.2) is 4.39 Å². The monoisotopic (exact) mass is 422 g/mol. The van der Waals surface area contributed by atoms with E-state index in [0.717, 1.165) is 6.42 Å². The number of aromatic amines is 1. The Hall–Kier alpha value is -2.08. The van der Waals surface area contributed by atoms with Crippen LogP contribution in [0, 0.1) is 22.9 Å². The van der Waals surface area contributed by atoms with Crippen molar-refractivity contribution in [1.29, 1.82) is 0 Å². The summed E-state index contributed by atoms with van der Waals surface area (Å²) in [5.41, 5.74) is 0.451. The molecule has 146 valence electrons. The highest BCUT2D eigenvalue weighted by atomic mass is 32.1. The zero-order chi connectivity index (χ0) is 19.7. The minimum atomic E-state index is -1.57. The van der Waals surface area contributed by atoms with Gasteiger partial charge in [0, 0.05) is 11.8 Å². The molecule has 0 bridgehead atoms. The molecule has 4 rings (SSSR count). The van der Waals surface area contributed by atoms with Gasteiger partial charge in [0.05, 0.1) is 19.3 Å². The van der Waals surface area contributed by atoms with E-state index in [9.17, 15) is 9.18 Å². The fourth-order valence-electron chi connectivity index (χ4n) is 3.00. The zero-order valence-corrected chi connectivity index (χ0v) is 16.3. The number of ether oxygens (including phenoxy) is 1. The summed E-state index contributed by atoms with van der Waals surface area (Å²) in [4.78, 5) is 14.3. The molecule has 1 aromatic carbocycles. The van der Waals surface area contributed by atoms with Crippen LogP contribution in [0.25, 0.3) is 0 Å². The second kappa shape index (κ2) is 8.11. The van der Waals surface area contributed by atoms with Gasteiger partial charge in [0.2, 0.25) is 0 Å². The maximum atomic E-state index is 13.2. The third-order valence-electron chi connectivity index (χ3n) is 4.41. The van der Waals surface area contributed by atoms with Crippen molar-refractivity contribution in [1.82, 2.24) is 9.55 Å². The van der Waals surface area contributed by atoms with Crippen molar-refractivity contribution in [3.63, 3.8) is 0 Å². The highest BCUT2D eigenvalue weighted by Gasteiger charge is 2.30. The zero-order valence-electron chi connectivity index (χ0n) is 14.6. The summed E-state index contributed by atoms with van der Waals surface area (Å²) >= 11 is 5.20. The number of halogens is 1. The number of nitrogens with one attached hydrogen (secondary N) is 1. The molecular weight excluding hydrogens is 406 g/mol. The van der Waals surface area contributed by atoms with E-state index in [4.69, 9.17) is 36.9 Å². The van der Waals surface area contributed by atoms with E-state index in [1.54, 1.807) is 10.6 Å². The topological polar surface area (TPSA) is 74.7 Å². The normalized spacial score (nSPS) is 23.6. The molecule has 3 atom stereocenters. The van der Waals surface area contributed by atoms with Crippen molar-refractivity contribution in [3.05, 3.63) is 56.5 Å². The Morgan fingerprint density at radius 1 is 1.46 bits per heavy atom. The van der Waals surface area contributed by atoms with E-state index in [2.05, 4.69) is 10.9 Å². The molecule has 1 aromatic heterocycles. The number of aromatic nitrogens is 2. The second-order valence-electron chi connectivity index (χ2n) is 6.28. The van der Waals surface area contributed by atoms with Crippen molar-refractivity contribution in [2.75, 3.05) is 6.61 Å². The van der Waals surface area contributed by atoms with E-state index in [0.29, 0.717) is 17.7 Å². The predicted molar refractivity (Wildman–Crippen MR) is 102 cm³/mol. The van der Waals surface area contributed by atoms with Crippen LogP contribution in [-0.4, -0.2) is 22.3 Å². The lowest BCUT2D eigenvalue weighted by atomic mass is 10.2. The highest BCUT2D eigenvalue weighted by molar-refractivity contribution is 7.71. The molecule has 28 heavy (non-hydrogen) atoms. The molecule has 3 unspecified atom stereocenters. The molecular formula is C18H16FN2O5PS. The maximum absolute atomic E-state index is 13.2. The summed E-state index contributed by atoms with van der Waals surface area (Å²) < 4.78 is 38.0. The van der Waals surface area contributed by atoms with Gasteiger partial charge >= 0.3 is 8.60 Å². The van der Waals surface area contributed by atoms with Gasteiger partial charge in [0.1, 0.15) is 23.4 Å². The Kier molecular flexibility index (Phi) is 5.58. The van der Waals surface area contributed by atoms with Crippen LogP contribution in [0.5, 0.6) is 5.75 Å². The van der Waals surface area contributed by atoms with Crippen molar-refractivity contribution >= 4 is 20.8 Å². The maximum Gasteiger partial charge on any atom is 0.397 e. The van der Waals surface area contributed by atoms with Gasteiger partial charge < -0.3 is 9.26 Å². The Labute approximate surface area is 166 Å². The summed E-state index contributed by atoms with van der Waals surface area (Å²) in [6.07, 6.45) is 7.79. The van der Waals surface area contributed by atoms with E-state index in [1.807, 2.05) is 0 Å². The molecule has 2 aliphatic heterocycles. The lowest BCUT2D eigenvalue weighted by molar-refractivity contribution is -0.0220. The minimum Gasteiger partial charge on any atom is -0.426 e. The van der Waals surface area contributed by atoms with Crippen LogP contribution in [0.2, 0.25) is 0 Å². The van der Waals surface area contributed by atoms with Crippen molar-refractivity contribution < 1.29 is 22.7 Å². The summed E-state index contributed by atoms with van der Waals surface area (Å²) in [7, 11) is -1.57. The van der Waals surface area contributed by atoms with Gasteiger partial charge in [-0.2, -0.15) is 0 Å². The summed E-state index contributed by atoms with van der Waals surface area (Å²) in [6.45, 7) is 0.506. The van der Waals surface area contributed by atoms with Crippen LogP contribution >= 0.6 is 20.8 Å². The predicted octanol–water partition coefficient (Wildman–Crippen LogP) is 3.56.